The molecule has 1 N–H and O–H groups in total. The molecular weight excluding hydrogens is 280 g/mol. The second-order valence-corrected chi connectivity index (χ2v) is 5.46. The molecule has 1 amide bonds. The van der Waals surface area contributed by atoms with Gasteiger partial charge in [-0.1, -0.05) is 12.1 Å². The van der Waals surface area contributed by atoms with Crippen LogP contribution in [-0.4, -0.2) is 52.5 Å². The van der Waals surface area contributed by atoms with Crippen molar-refractivity contribution in [2.75, 3.05) is 51.5 Å². The first-order valence-electron chi connectivity index (χ1n) is 7.97. The van der Waals surface area contributed by atoms with Gasteiger partial charge in [0.2, 0.25) is 5.91 Å². The number of nitrogens with one attached hydrogen (secondary N) is 1. The van der Waals surface area contributed by atoms with Gasteiger partial charge in [-0.05, 0) is 30.5 Å². The lowest BCUT2D eigenvalue weighted by molar-refractivity contribution is -0.121. The molecular formula is C17H26N2O3. The Hall–Kier alpha value is -1.59. The Kier molecular flexibility index (Phi) is 7.19. The molecule has 0 spiro atoms. The van der Waals surface area contributed by atoms with Crippen LogP contribution in [-0.2, 0) is 20.7 Å². The maximum Gasteiger partial charge on any atom is 0.220 e. The third-order valence-electron chi connectivity index (χ3n) is 3.80. The number of hydrogen-bond acceptors (Lipinski definition) is 4. The Morgan fingerprint density at radius 3 is 2.68 bits per heavy atom. The molecule has 1 aromatic carbocycles. The summed E-state index contributed by atoms with van der Waals surface area (Å²) in [5.74, 6) is 0.105. The molecule has 1 heterocycles. The van der Waals surface area contributed by atoms with E-state index in [0.29, 0.717) is 19.6 Å². The van der Waals surface area contributed by atoms with Crippen LogP contribution in [0.1, 0.15) is 18.4 Å². The number of anilines is 1. The van der Waals surface area contributed by atoms with E-state index < -0.39 is 0 Å². The van der Waals surface area contributed by atoms with Crippen molar-refractivity contribution in [2.24, 2.45) is 0 Å². The number of hydrogen-bond donors (Lipinski definition) is 1. The number of carbonyl (C=O) groups excluding carboxylic acids is 1. The molecule has 0 saturated carbocycles. The fraction of sp³-hybridized carbons (Fsp3) is 0.588. The molecule has 5 heteroatoms. The van der Waals surface area contributed by atoms with E-state index in [2.05, 4.69) is 34.5 Å². The summed E-state index contributed by atoms with van der Waals surface area (Å²) in [5.41, 5.74) is 2.43. The highest BCUT2D eigenvalue weighted by atomic mass is 16.5. The Labute approximate surface area is 132 Å². The van der Waals surface area contributed by atoms with Crippen LogP contribution in [0.15, 0.2) is 24.3 Å². The molecule has 1 fully saturated rings. The van der Waals surface area contributed by atoms with Crippen LogP contribution in [0.2, 0.25) is 0 Å². The molecule has 0 aromatic heterocycles. The SMILES string of the molecule is COCCCNC(=O)CCc1ccc(N2CCOCC2)cc1. The number of nitrogens with zero attached hydrogens (tertiary/aromatic N) is 1. The number of ether oxygens (including phenoxy) is 2. The topological polar surface area (TPSA) is 50.8 Å². The molecule has 22 heavy (non-hydrogen) atoms. The van der Waals surface area contributed by atoms with Crippen molar-refractivity contribution in [3.63, 3.8) is 0 Å². The summed E-state index contributed by atoms with van der Waals surface area (Å²) in [6.07, 6.45) is 2.17. The monoisotopic (exact) mass is 306 g/mol. The second kappa shape index (κ2) is 9.43. The summed E-state index contributed by atoms with van der Waals surface area (Å²) in [5, 5.41) is 2.91. The Morgan fingerprint density at radius 2 is 2.00 bits per heavy atom. The van der Waals surface area contributed by atoms with Gasteiger partial charge in [0.1, 0.15) is 0 Å². The molecule has 2 rings (SSSR count). The van der Waals surface area contributed by atoms with E-state index >= 15 is 0 Å². The van der Waals surface area contributed by atoms with E-state index in [9.17, 15) is 4.79 Å². The fourth-order valence-corrected chi connectivity index (χ4v) is 2.49. The minimum atomic E-state index is 0.105. The lowest BCUT2D eigenvalue weighted by atomic mass is 10.1. The van der Waals surface area contributed by atoms with Crippen molar-refractivity contribution < 1.29 is 14.3 Å². The first kappa shape index (κ1) is 16.8. The van der Waals surface area contributed by atoms with Crippen LogP contribution in [0.4, 0.5) is 5.69 Å². The molecule has 122 valence electrons. The summed E-state index contributed by atoms with van der Waals surface area (Å²) in [4.78, 5) is 14.0. The number of amides is 1. The smallest absolute Gasteiger partial charge is 0.220 e. The molecule has 1 aliphatic heterocycles. The van der Waals surface area contributed by atoms with E-state index in [0.717, 1.165) is 39.1 Å². The van der Waals surface area contributed by atoms with Gasteiger partial charge in [0, 0.05) is 45.5 Å². The molecule has 0 bridgehead atoms. The molecule has 1 saturated heterocycles. The Morgan fingerprint density at radius 1 is 1.27 bits per heavy atom. The molecule has 0 unspecified atom stereocenters. The van der Waals surface area contributed by atoms with Crippen molar-refractivity contribution in [3.05, 3.63) is 29.8 Å². The van der Waals surface area contributed by atoms with Gasteiger partial charge in [-0.25, -0.2) is 0 Å². The maximum atomic E-state index is 11.7. The first-order valence-corrected chi connectivity index (χ1v) is 7.97. The van der Waals surface area contributed by atoms with Gasteiger partial charge in [-0.2, -0.15) is 0 Å². The average Bonchev–Trinajstić information content (AvgIpc) is 2.58. The van der Waals surface area contributed by atoms with Crippen LogP contribution >= 0.6 is 0 Å². The average molecular weight is 306 g/mol. The van der Waals surface area contributed by atoms with Crippen LogP contribution in [0, 0.1) is 0 Å². The van der Waals surface area contributed by atoms with Gasteiger partial charge < -0.3 is 19.7 Å². The molecule has 0 atom stereocenters. The first-order chi connectivity index (χ1) is 10.8. The summed E-state index contributed by atoms with van der Waals surface area (Å²) in [6.45, 7) is 4.86. The van der Waals surface area contributed by atoms with Crippen LogP contribution < -0.4 is 10.2 Å². The van der Waals surface area contributed by atoms with E-state index in [1.807, 2.05) is 0 Å². The van der Waals surface area contributed by atoms with Gasteiger partial charge in [0.15, 0.2) is 0 Å². The van der Waals surface area contributed by atoms with Crippen molar-refractivity contribution in [1.82, 2.24) is 5.32 Å². The zero-order valence-electron chi connectivity index (χ0n) is 13.3. The van der Waals surface area contributed by atoms with E-state index in [-0.39, 0.29) is 5.91 Å². The largest absolute Gasteiger partial charge is 0.385 e. The predicted molar refractivity (Wildman–Crippen MR) is 87.3 cm³/mol. The third-order valence-corrected chi connectivity index (χ3v) is 3.80. The molecule has 0 aliphatic carbocycles. The third kappa shape index (κ3) is 5.66. The number of methoxy groups -OCH3 is 1. The highest BCUT2D eigenvalue weighted by Crippen LogP contribution is 2.17. The Balaban J connectivity index is 1.70. The lowest BCUT2D eigenvalue weighted by Crippen LogP contribution is -2.36. The molecule has 1 aliphatic rings. The highest BCUT2D eigenvalue weighted by Gasteiger charge is 2.10. The van der Waals surface area contributed by atoms with Gasteiger partial charge >= 0.3 is 0 Å². The summed E-state index contributed by atoms with van der Waals surface area (Å²) < 4.78 is 10.3. The number of benzene rings is 1. The van der Waals surface area contributed by atoms with Gasteiger partial charge in [0.05, 0.1) is 13.2 Å². The number of morpholine rings is 1. The summed E-state index contributed by atoms with van der Waals surface area (Å²) in [6, 6.07) is 8.50. The second-order valence-electron chi connectivity index (χ2n) is 5.46. The number of rotatable bonds is 8. The number of carbonyl (C=O) groups is 1. The Bertz CT molecular complexity index is 442. The van der Waals surface area contributed by atoms with E-state index in [1.54, 1.807) is 7.11 Å². The van der Waals surface area contributed by atoms with E-state index in [1.165, 1.54) is 11.3 Å². The normalized spacial score (nSPS) is 14.9. The van der Waals surface area contributed by atoms with Crippen LogP contribution in [0.5, 0.6) is 0 Å². The van der Waals surface area contributed by atoms with Gasteiger partial charge in [-0.15, -0.1) is 0 Å². The molecule has 1 aromatic rings. The zero-order chi connectivity index (χ0) is 15.6. The zero-order valence-corrected chi connectivity index (χ0v) is 13.3. The predicted octanol–water partition coefficient (Wildman–Crippen LogP) is 1.61. The van der Waals surface area contributed by atoms with Crippen LogP contribution in [0.3, 0.4) is 0 Å². The summed E-state index contributed by atoms with van der Waals surface area (Å²) in [7, 11) is 1.67. The highest BCUT2D eigenvalue weighted by molar-refractivity contribution is 5.76. The van der Waals surface area contributed by atoms with Gasteiger partial charge in [0.25, 0.3) is 0 Å². The maximum absolute atomic E-state index is 11.7. The van der Waals surface area contributed by atoms with Crippen molar-refractivity contribution in [2.45, 2.75) is 19.3 Å². The van der Waals surface area contributed by atoms with E-state index in [4.69, 9.17) is 9.47 Å². The molecule has 5 nitrogen and oxygen atoms in total. The fourth-order valence-electron chi connectivity index (χ4n) is 2.49. The van der Waals surface area contributed by atoms with Crippen molar-refractivity contribution in [3.8, 4) is 0 Å². The van der Waals surface area contributed by atoms with Crippen molar-refractivity contribution >= 4 is 11.6 Å². The lowest BCUT2D eigenvalue weighted by Gasteiger charge is -2.28. The van der Waals surface area contributed by atoms with Crippen molar-refractivity contribution in [1.29, 1.82) is 0 Å². The minimum absolute atomic E-state index is 0.105. The summed E-state index contributed by atoms with van der Waals surface area (Å²) >= 11 is 0. The minimum Gasteiger partial charge on any atom is -0.385 e. The van der Waals surface area contributed by atoms with Crippen LogP contribution in [0.25, 0.3) is 0 Å². The standard InChI is InChI=1S/C17H26N2O3/c1-21-12-2-9-18-17(20)8-5-15-3-6-16(7-4-15)19-10-13-22-14-11-19/h3-4,6-7H,2,5,8-14H2,1H3,(H,18,20). The van der Waals surface area contributed by atoms with Gasteiger partial charge in [-0.3, -0.25) is 4.79 Å². The molecule has 0 radical (unpaired) electrons. The number of aryl methyl sites for hydroxylation is 1. The quantitative estimate of drug-likeness (QED) is 0.741.